The summed E-state index contributed by atoms with van der Waals surface area (Å²) in [6.45, 7) is 8.63. The first kappa shape index (κ1) is 17.5. The molecule has 1 aromatic rings. The molecule has 0 spiro atoms. The molecule has 0 bridgehead atoms. The molecule has 0 atom stereocenters. The zero-order valence-electron chi connectivity index (χ0n) is 15.0. The van der Waals surface area contributed by atoms with Crippen LogP contribution in [0, 0.1) is 5.92 Å². The molecular formula is C17H29N5O. The maximum atomic E-state index is 11.0. The molecule has 2 heterocycles. The summed E-state index contributed by atoms with van der Waals surface area (Å²) < 4.78 is 0. The average molecular weight is 319 g/mol. The van der Waals surface area contributed by atoms with Crippen molar-refractivity contribution in [3.8, 4) is 0 Å². The Hall–Kier alpha value is -1.85. The number of hydrogen-bond acceptors (Lipinski definition) is 5. The minimum absolute atomic E-state index is 0.0560. The summed E-state index contributed by atoms with van der Waals surface area (Å²) in [4.78, 5) is 24.7. The summed E-state index contributed by atoms with van der Waals surface area (Å²) in [5.74, 6) is 2.79. The van der Waals surface area contributed by atoms with Crippen molar-refractivity contribution >= 4 is 17.7 Å². The molecule has 6 heteroatoms. The fraction of sp³-hybridized carbons (Fsp3) is 0.706. The number of rotatable bonds is 5. The summed E-state index contributed by atoms with van der Waals surface area (Å²) in [5.41, 5.74) is 1.08. The Morgan fingerprint density at radius 2 is 2.00 bits per heavy atom. The fourth-order valence-corrected chi connectivity index (χ4v) is 2.75. The fourth-order valence-electron chi connectivity index (χ4n) is 2.75. The van der Waals surface area contributed by atoms with Crippen LogP contribution in [0.1, 0.15) is 45.2 Å². The molecule has 1 fully saturated rings. The lowest BCUT2D eigenvalue weighted by atomic mass is 9.96. The Labute approximate surface area is 139 Å². The standard InChI is InChI=1S/C17H29N5O/c1-12(2)15-10-16(20-17(19-15)21(4)5)22-8-6-14(7-9-22)11-18-13(3)23/h10,12,14H,6-9,11H2,1-5H3,(H,18,23). The number of nitrogens with one attached hydrogen (secondary N) is 1. The summed E-state index contributed by atoms with van der Waals surface area (Å²) >= 11 is 0. The van der Waals surface area contributed by atoms with E-state index in [-0.39, 0.29) is 5.91 Å². The highest BCUT2D eigenvalue weighted by atomic mass is 16.1. The van der Waals surface area contributed by atoms with Crippen LogP contribution < -0.4 is 15.1 Å². The van der Waals surface area contributed by atoms with E-state index in [1.807, 2.05) is 19.0 Å². The number of carbonyl (C=O) groups is 1. The van der Waals surface area contributed by atoms with Gasteiger partial charge < -0.3 is 15.1 Å². The molecular weight excluding hydrogens is 290 g/mol. The van der Waals surface area contributed by atoms with Crippen molar-refractivity contribution < 1.29 is 4.79 Å². The van der Waals surface area contributed by atoms with Crippen LogP contribution in [0.15, 0.2) is 6.07 Å². The van der Waals surface area contributed by atoms with E-state index in [4.69, 9.17) is 4.98 Å². The predicted molar refractivity (Wildman–Crippen MR) is 94.1 cm³/mol. The van der Waals surface area contributed by atoms with E-state index in [1.165, 1.54) is 0 Å². The Morgan fingerprint density at radius 1 is 1.35 bits per heavy atom. The van der Waals surface area contributed by atoms with Gasteiger partial charge in [0.15, 0.2) is 0 Å². The second kappa shape index (κ2) is 7.62. The van der Waals surface area contributed by atoms with Crippen LogP contribution in [-0.4, -0.2) is 49.6 Å². The second-order valence-electron chi connectivity index (χ2n) is 6.87. The molecule has 0 aliphatic carbocycles. The van der Waals surface area contributed by atoms with Crippen LogP contribution in [0.25, 0.3) is 0 Å². The summed E-state index contributed by atoms with van der Waals surface area (Å²) in [6, 6.07) is 2.12. The van der Waals surface area contributed by atoms with Gasteiger partial charge in [-0.15, -0.1) is 0 Å². The summed E-state index contributed by atoms with van der Waals surface area (Å²) in [5, 5.41) is 2.93. The molecule has 1 aliphatic heterocycles. The van der Waals surface area contributed by atoms with E-state index in [0.717, 1.165) is 49.9 Å². The molecule has 128 valence electrons. The van der Waals surface area contributed by atoms with Gasteiger partial charge in [0.25, 0.3) is 0 Å². The number of hydrogen-bond donors (Lipinski definition) is 1. The van der Waals surface area contributed by atoms with Gasteiger partial charge in [0, 0.05) is 46.7 Å². The largest absolute Gasteiger partial charge is 0.356 e. The van der Waals surface area contributed by atoms with Gasteiger partial charge in [-0.2, -0.15) is 4.98 Å². The number of aromatic nitrogens is 2. The molecule has 0 aromatic carbocycles. The molecule has 2 rings (SSSR count). The van der Waals surface area contributed by atoms with Gasteiger partial charge >= 0.3 is 0 Å². The third kappa shape index (κ3) is 4.81. The monoisotopic (exact) mass is 319 g/mol. The third-order valence-corrected chi connectivity index (χ3v) is 4.29. The molecule has 0 unspecified atom stereocenters. The smallest absolute Gasteiger partial charge is 0.227 e. The number of amides is 1. The first-order valence-electron chi connectivity index (χ1n) is 8.42. The van der Waals surface area contributed by atoms with Crippen LogP contribution in [-0.2, 0) is 4.79 Å². The van der Waals surface area contributed by atoms with Gasteiger partial charge in [0.1, 0.15) is 5.82 Å². The molecule has 6 nitrogen and oxygen atoms in total. The lowest BCUT2D eigenvalue weighted by Crippen LogP contribution is -2.38. The third-order valence-electron chi connectivity index (χ3n) is 4.29. The summed E-state index contributed by atoms with van der Waals surface area (Å²) in [7, 11) is 3.95. The van der Waals surface area contributed by atoms with Crippen molar-refractivity contribution in [1.82, 2.24) is 15.3 Å². The summed E-state index contributed by atoms with van der Waals surface area (Å²) in [6.07, 6.45) is 2.16. The van der Waals surface area contributed by atoms with E-state index < -0.39 is 0 Å². The number of anilines is 2. The van der Waals surface area contributed by atoms with Gasteiger partial charge in [-0.1, -0.05) is 13.8 Å². The number of carbonyl (C=O) groups excluding carboxylic acids is 1. The second-order valence-corrected chi connectivity index (χ2v) is 6.87. The quantitative estimate of drug-likeness (QED) is 0.899. The van der Waals surface area contributed by atoms with Gasteiger partial charge in [-0.05, 0) is 24.7 Å². The normalized spacial score (nSPS) is 15.8. The van der Waals surface area contributed by atoms with Gasteiger partial charge in [-0.25, -0.2) is 4.98 Å². The minimum atomic E-state index is 0.0560. The lowest BCUT2D eigenvalue weighted by molar-refractivity contribution is -0.119. The highest BCUT2D eigenvalue weighted by molar-refractivity contribution is 5.72. The molecule has 23 heavy (non-hydrogen) atoms. The van der Waals surface area contributed by atoms with Crippen molar-refractivity contribution in [1.29, 1.82) is 0 Å². The van der Waals surface area contributed by atoms with E-state index in [2.05, 4.69) is 35.1 Å². The van der Waals surface area contributed by atoms with Crippen LogP contribution in [0.2, 0.25) is 0 Å². The van der Waals surface area contributed by atoms with Gasteiger partial charge in [-0.3, -0.25) is 4.79 Å². The van der Waals surface area contributed by atoms with Gasteiger partial charge in [0.05, 0.1) is 5.69 Å². The minimum Gasteiger partial charge on any atom is -0.356 e. The Bertz CT molecular complexity index is 510. The maximum Gasteiger partial charge on any atom is 0.227 e. The van der Waals surface area contributed by atoms with Crippen molar-refractivity contribution in [2.45, 2.75) is 39.5 Å². The van der Waals surface area contributed by atoms with Crippen molar-refractivity contribution in [2.75, 3.05) is 43.5 Å². The molecule has 1 N–H and O–H groups in total. The topological polar surface area (TPSA) is 61.4 Å². The van der Waals surface area contributed by atoms with E-state index in [1.54, 1.807) is 6.92 Å². The Kier molecular flexibility index (Phi) is 5.80. The zero-order chi connectivity index (χ0) is 17.0. The van der Waals surface area contributed by atoms with E-state index in [9.17, 15) is 4.79 Å². The van der Waals surface area contributed by atoms with E-state index in [0.29, 0.717) is 11.8 Å². The predicted octanol–water partition coefficient (Wildman–Crippen LogP) is 2.02. The van der Waals surface area contributed by atoms with Crippen molar-refractivity contribution in [3.63, 3.8) is 0 Å². The number of piperidine rings is 1. The highest BCUT2D eigenvalue weighted by Crippen LogP contribution is 2.25. The molecule has 0 saturated carbocycles. The van der Waals surface area contributed by atoms with Crippen LogP contribution in [0.3, 0.4) is 0 Å². The zero-order valence-corrected chi connectivity index (χ0v) is 15.0. The Balaban J connectivity index is 2.06. The van der Waals surface area contributed by atoms with Gasteiger partial charge in [0.2, 0.25) is 11.9 Å². The first-order chi connectivity index (χ1) is 10.9. The average Bonchev–Trinajstić information content (AvgIpc) is 2.52. The maximum absolute atomic E-state index is 11.0. The number of nitrogens with zero attached hydrogens (tertiary/aromatic N) is 4. The molecule has 0 radical (unpaired) electrons. The Morgan fingerprint density at radius 3 is 2.52 bits per heavy atom. The molecule has 1 amide bonds. The molecule has 1 aromatic heterocycles. The SMILES string of the molecule is CC(=O)NCC1CCN(c2cc(C(C)C)nc(N(C)C)n2)CC1. The van der Waals surface area contributed by atoms with Crippen molar-refractivity contribution in [3.05, 3.63) is 11.8 Å². The van der Waals surface area contributed by atoms with Crippen LogP contribution in [0.4, 0.5) is 11.8 Å². The first-order valence-corrected chi connectivity index (χ1v) is 8.42. The van der Waals surface area contributed by atoms with E-state index >= 15 is 0 Å². The lowest BCUT2D eigenvalue weighted by Gasteiger charge is -2.33. The van der Waals surface area contributed by atoms with Crippen molar-refractivity contribution in [2.24, 2.45) is 5.92 Å². The molecule has 1 aliphatic rings. The van der Waals surface area contributed by atoms with Crippen LogP contribution >= 0.6 is 0 Å². The van der Waals surface area contributed by atoms with Crippen LogP contribution in [0.5, 0.6) is 0 Å². The molecule has 1 saturated heterocycles. The highest BCUT2D eigenvalue weighted by Gasteiger charge is 2.22.